The molecule has 0 aliphatic carbocycles. The highest BCUT2D eigenvalue weighted by atomic mass is 32.2. The van der Waals surface area contributed by atoms with E-state index in [0.717, 1.165) is 18.5 Å². The van der Waals surface area contributed by atoms with Gasteiger partial charge < -0.3 is 4.90 Å². The summed E-state index contributed by atoms with van der Waals surface area (Å²) in [5.74, 6) is 0.248. The van der Waals surface area contributed by atoms with E-state index in [4.69, 9.17) is 0 Å². The number of piperidine rings is 1. The number of nitrogens with zero attached hydrogens (tertiary/aromatic N) is 1. The highest BCUT2D eigenvalue weighted by Crippen LogP contribution is 2.24. The second-order valence-electron chi connectivity index (χ2n) is 5.83. The van der Waals surface area contributed by atoms with Crippen molar-refractivity contribution in [1.29, 1.82) is 0 Å². The van der Waals surface area contributed by atoms with Gasteiger partial charge in [-0.3, -0.25) is 9.52 Å². The Morgan fingerprint density at radius 1 is 1.29 bits per heavy atom. The van der Waals surface area contributed by atoms with E-state index in [0.29, 0.717) is 18.7 Å². The number of anilines is 2. The van der Waals surface area contributed by atoms with Crippen LogP contribution in [0, 0.1) is 5.92 Å². The normalized spacial score (nSPS) is 16.3. The van der Waals surface area contributed by atoms with Gasteiger partial charge in [0, 0.05) is 18.7 Å². The maximum Gasteiger partial charge on any atom is 0.232 e. The molecule has 1 fully saturated rings. The first-order chi connectivity index (χ1) is 9.87. The van der Waals surface area contributed by atoms with Crippen molar-refractivity contribution in [3.8, 4) is 0 Å². The van der Waals surface area contributed by atoms with Crippen molar-refractivity contribution in [3.63, 3.8) is 0 Å². The molecule has 1 aromatic carbocycles. The van der Waals surface area contributed by atoms with Gasteiger partial charge in [0.1, 0.15) is 0 Å². The standard InChI is InChI=1S/C15H22N2O3S/c1-12(2)11-21(19,20)16-13-6-5-7-14(10-13)17-9-4-3-8-15(17)18/h5-7,10,12,16H,3-4,8-9,11H2,1-2H3. The van der Waals surface area contributed by atoms with Crippen LogP contribution < -0.4 is 9.62 Å². The second-order valence-corrected chi connectivity index (χ2v) is 7.60. The molecule has 116 valence electrons. The lowest BCUT2D eigenvalue weighted by atomic mass is 10.1. The summed E-state index contributed by atoms with van der Waals surface area (Å²) in [6, 6.07) is 7.03. The fourth-order valence-electron chi connectivity index (χ4n) is 2.48. The third-order valence-electron chi connectivity index (χ3n) is 3.31. The first-order valence-electron chi connectivity index (χ1n) is 7.28. The Bertz CT molecular complexity index is 611. The van der Waals surface area contributed by atoms with E-state index < -0.39 is 10.0 Å². The molecular formula is C15H22N2O3S. The van der Waals surface area contributed by atoms with Gasteiger partial charge in [-0.1, -0.05) is 19.9 Å². The van der Waals surface area contributed by atoms with Gasteiger partial charge in [0.15, 0.2) is 0 Å². The quantitative estimate of drug-likeness (QED) is 0.909. The van der Waals surface area contributed by atoms with Crippen molar-refractivity contribution in [2.75, 3.05) is 21.9 Å². The SMILES string of the molecule is CC(C)CS(=O)(=O)Nc1cccc(N2CCCCC2=O)c1. The number of rotatable bonds is 5. The Balaban J connectivity index is 2.16. The van der Waals surface area contributed by atoms with Crippen LogP contribution in [0.25, 0.3) is 0 Å². The zero-order valence-electron chi connectivity index (χ0n) is 12.5. The Morgan fingerprint density at radius 3 is 2.71 bits per heavy atom. The summed E-state index contributed by atoms with van der Waals surface area (Å²) in [5, 5.41) is 0. The maximum atomic E-state index is 12.0. The number of sulfonamides is 1. The summed E-state index contributed by atoms with van der Waals surface area (Å²) in [6.45, 7) is 4.42. The molecule has 0 unspecified atom stereocenters. The van der Waals surface area contributed by atoms with E-state index in [1.54, 1.807) is 23.1 Å². The van der Waals surface area contributed by atoms with E-state index in [1.165, 1.54) is 0 Å². The highest BCUT2D eigenvalue weighted by molar-refractivity contribution is 7.92. The largest absolute Gasteiger partial charge is 0.312 e. The Labute approximate surface area is 126 Å². The van der Waals surface area contributed by atoms with E-state index in [9.17, 15) is 13.2 Å². The molecule has 0 saturated carbocycles. The Hall–Kier alpha value is -1.56. The van der Waals surface area contributed by atoms with Gasteiger partial charge in [0.25, 0.3) is 0 Å². The number of hydrogen-bond acceptors (Lipinski definition) is 3. The summed E-state index contributed by atoms with van der Waals surface area (Å²) in [7, 11) is -3.35. The zero-order valence-corrected chi connectivity index (χ0v) is 13.3. The van der Waals surface area contributed by atoms with Crippen LogP contribution in [0.5, 0.6) is 0 Å². The second kappa shape index (κ2) is 6.47. The average molecular weight is 310 g/mol. The molecule has 0 atom stereocenters. The lowest BCUT2D eigenvalue weighted by Crippen LogP contribution is -2.35. The topological polar surface area (TPSA) is 66.5 Å². The van der Waals surface area contributed by atoms with Crippen molar-refractivity contribution in [2.24, 2.45) is 5.92 Å². The fraction of sp³-hybridized carbons (Fsp3) is 0.533. The molecule has 1 heterocycles. The van der Waals surface area contributed by atoms with Crippen molar-refractivity contribution in [3.05, 3.63) is 24.3 Å². The number of amides is 1. The van der Waals surface area contributed by atoms with Crippen LogP contribution in [0.4, 0.5) is 11.4 Å². The number of carbonyl (C=O) groups excluding carboxylic acids is 1. The van der Waals surface area contributed by atoms with Gasteiger partial charge in [0.05, 0.1) is 11.4 Å². The van der Waals surface area contributed by atoms with Gasteiger partial charge >= 0.3 is 0 Å². The van der Waals surface area contributed by atoms with E-state index in [2.05, 4.69) is 4.72 Å². The van der Waals surface area contributed by atoms with Crippen LogP contribution in [0.1, 0.15) is 33.1 Å². The maximum absolute atomic E-state index is 12.0. The summed E-state index contributed by atoms with van der Waals surface area (Å²) in [5.41, 5.74) is 1.26. The molecule has 1 N–H and O–H groups in total. The molecule has 6 heteroatoms. The molecule has 0 radical (unpaired) electrons. The van der Waals surface area contributed by atoms with Gasteiger partial charge in [0.2, 0.25) is 15.9 Å². The first-order valence-corrected chi connectivity index (χ1v) is 8.93. The molecule has 0 aromatic heterocycles. The molecule has 0 bridgehead atoms. The molecule has 1 amide bonds. The third kappa shape index (κ3) is 4.46. The monoisotopic (exact) mass is 310 g/mol. The number of hydrogen-bond donors (Lipinski definition) is 1. The van der Waals surface area contributed by atoms with Gasteiger partial charge in [-0.2, -0.15) is 0 Å². The van der Waals surface area contributed by atoms with E-state index in [1.807, 2.05) is 19.9 Å². The molecule has 1 aliphatic rings. The van der Waals surface area contributed by atoms with Crippen molar-refractivity contribution >= 4 is 27.3 Å². The van der Waals surface area contributed by atoms with Crippen molar-refractivity contribution < 1.29 is 13.2 Å². The molecular weight excluding hydrogens is 288 g/mol. The van der Waals surface area contributed by atoms with Crippen LogP contribution in [0.15, 0.2) is 24.3 Å². The predicted octanol–water partition coefficient (Wildman–Crippen LogP) is 2.60. The molecule has 1 saturated heterocycles. The predicted molar refractivity (Wildman–Crippen MR) is 84.9 cm³/mol. The molecule has 1 aliphatic heterocycles. The smallest absolute Gasteiger partial charge is 0.232 e. The zero-order chi connectivity index (χ0) is 15.5. The fourth-order valence-corrected chi connectivity index (χ4v) is 3.92. The van der Waals surface area contributed by atoms with Crippen LogP contribution in [-0.4, -0.2) is 26.6 Å². The van der Waals surface area contributed by atoms with Gasteiger partial charge in [-0.25, -0.2) is 8.42 Å². The minimum Gasteiger partial charge on any atom is -0.312 e. The van der Waals surface area contributed by atoms with Crippen LogP contribution in [0.2, 0.25) is 0 Å². The van der Waals surface area contributed by atoms with Crippen LogP contribution in [0.3, 0.4) is 0 Å². The lowest BCUT2D eigenvalue weighted by molar-refractivity contribution is -0.119. The molecule has 5 nitrogen and oxygen atoms in total. The van der Waals surface area contributed by atoms with Gasteiger partial charge in [-0.05, 0) is 37.0 Å². The number of carbonyl (C=O) groups is 1. The highest BCUT2D eigenvalue weighted by Gasteiger charge is 2.20. The lowest BCUT2D eigenvalue weighted by Gasteiger charge is -2.27. The van der Waals surface area contributed by atoms with Gasteiger partial charge in [-0.15, -0.1) is 0 Å². The first kappa shape index (κ1) is 15.8. The minimum absolute atomic E-state index is 0.0642. The third-order valence-corrected chi connectivity index (χ3v) is 4.96. The number of benzene rings is 1. The molecule has 0 spiro atoms. The van der Waals surface area contributed by atoms with Crippen molar-refractivity contribution in [2.45, 2.75) is 33.1 Å². The van der Waals surface area contributed by atoms with E-state index >= 15 is 0 Å². The van der Waals surface area contributed by atoms with E-state index in [-0.39, 0.29) is 17.6 Å². The summed E-state index contributed by atoms with van der Waals surface area (Å²) >= 11 is 0. The molecule has 2 rings (SSSR count). The molecule has 1 aromatic rings. The Kier molecular flexibility index (Phi) is 4.88. The summed E-state index contributed by atoms with van der Waals surface area (Å²) in [4.78, 5) is 13.6. The van der Waals surface area contributed by atoms with Crippen LogP contribution in [-0.2, 0) is 14.8 Å². The molecule has 21 heavy (non-hydrogen) atoms. The summed E-state index contributed by atoms with van der Waals surface area (Å²) < 4.78 is 26.5. The van der Waals surface area contributed by atoms with Crippen LogP contribution >= 0.6 is 0 Å². The summed E-state index contributed by atoms with van der Waals surface area (Å²) in [6.07, 6.45) is 2.47. The minimum atomic E-state index is -3.35. The Morgan fingerprint density at radius 2 is 2.05 bits per heavy atom. The average Bonchev–Trinajstić information content (AvgIpc) is 2.37. The number of nitrogens with one attached hydrogen (secondary N) is 1. The van der Waals surface area contributed by atoms with Crippen molar-refractivity contribution in [1.82, 2.24) is 0 Å².